The van der Waals surface area contributed by atoms with Crippen LogP contribution in [-0.4, -0.2) is 15.7 Å². The first kappa shape index (κ1) is 14.5. The third-order valence-corrected chi connectivity index (χ3v) is 4.03. The Balaban J connectivity index is 1.97. The first-order chi connectivity index (χ1) is 9.54. The SMILES string of the molecule is O=C(Cc1ccc(F)cc1)CS(=O)c1cccc(F)c1. The molecule has 0 spiro atoms. The maximum absolute atomic E-state index is 13.0. The Morgan fingerprint density at radius 2 is 1.70 bits per heavy atom. The van der Waals surface area contributed by atoms with Crippen molar-refractivity contribution in [2.45, 2.75) is 11.3 Å². The van der Waals surface area contributed by atoms with E-state index in [4.69, 9.17) is 0 Å². The first-order valence-corrected chi connectivity index (χ1v) is 7.26. The van der Waals surface area contributed by atoms with Gasteiger partial charge in [-0.3, -0.25) is 9.00 Å². The van der Waals surface area contributed by atoms with Crippen LogP contribution in [0.25, 0.3) is 0 Å². The van der Waals surface area contributed by atoms with Gasteiger partial charge in [0.1, 0.15) is 17.4 Å². The van der Waals surface area contributed by atoms with Crippen molar-refractivity contribution < 1.29 is 17.8 Å². The van der Waals surface area contributed by atoms with Crippen molar-refractivity contribution >= 4 is 16.6 Å². The van der Waals surface area contributed by atoms with Gasteiger partial charge in [-0.15, -0.1) is 0 Å². The molecular formula is C15H12F2O2S. The number of ketones is 1. The fourth-order valence-electron chi connectivity index (χ4n) is 1.72. The molecule has 2 nitrogen and oxygen atoms in total. The molecule has 5 heteroatoms. The van der Waals surface area contributed by atoms with Crippen molar-refractivity contribution in [1.82, 2.24) is 0 Å². The molecule has 0 saturated heterocycles. The second-order valence-corrected chi connectivity index (χ2v) is 5.74. The first-order valence-electron chi connectivity index (χ1n) is 5.94. The fraction of sp³-hybridized carbons (Fsp3) is 0.133. The zero-order chi connectivity index (χ0) is 14.5. The Labute approximate surface area is 117 Å². The minimum atomic E-state index is -1.57. The smallest absolute Gasteiger partial charge is 0.150 e. The van der Waals surface area contributed by atoms with Crippen LogP contribution in [0.2, 0.25) is 0 Å². The van der Waals surface area contributed by atoms with E-state index in [0.29, 0.717) is 5.56 Å². The van der Waals surface area contributed by atoms with Crippen molar-refractivity contribution in [3.05, 3.63) is 65.7 Å². The van der Waals surface area contributed by atoms with Crippen LogP contribution < -0.4 is 0 Å². The largest absolute Gasteiger partial charge is 0.298 e. The van der Waals surface area contributed by atoms with Gasteiger partial charge in [-0.25, -0.2) is 8.78 Å². The lowest BCUT2D eigenvalue weighted by atomic mass is 10.1. The lowest BCUT2D eigenvalue weighted by Crippen LogP contribution is -2.13. The molecule has 0 heterocycles. The van der Waals surface area contributed by atoms with Gasteiger partial charge in [-0.05, 0) is 35.9 Å². The van der Waals surface area contributed by atoms with E-state index in [9.17, 15) is 17.8 Å². The van der Waals surface area contributed by atoms with Gasteiger partial charge in [-0.1, -0.05) is 18.2 Å². The van der Waals surface area contributed by atoms with Crippen molar-refractivity contribution in [1.29, 1.82) is 0 Å². The summed E-state index contributed by atoms with van der Waals surface area (Å²) in [6, 6.07) is 10.9. The minimum absolute atomic E-state index is 0.0847. The normalized spacial score (nSPS) is 12.1. The molecule has 0 saturated carbocycles. The monoisotopic (exact) mass is 294 g/mol. The molecule has 0 bridgehead atoms. The van der Waals surface area contributed by atoms with Crippen LogP contribution in [0.15, 0.2) is 53.4 Å². The Morgan fingerprint density at radius 3 is 2.35 bits per heavy atom. The number of carbonyl (C=O) groups is 1. The summed E-state index contributed by atoms with van der Waals surface area (Å²) in [5.41, 5.74) is 0.660. The van der Waals surface area contributed by atoms with Crippen LogP contribution >= 0.6 is 0 Å². The molecule has 0 aliphatic carbocycles. The maximum atomic E-state index is 13.0. The van der Waals surface area contributed by atoms with Crippen LogP contribution in [0.3, 0.4) is 0 Å². The van der Waals surface area contributed by atoms with E-state index in [2.05, 4.69) is 0 Å². The summed E-state index contributed by atoms with van der Waals surface area (Å²) in [7, 11) is -1.57. The van der Waals surface area contributed by atoms with Crippen LogP contribution in [0, 0.1) is 11.6 Å². The second kappa shape index (κ2) is 6.52. The molecule has 0 aliphatic heterocycles. The summed E-state index contributed by atoms with van der Waals surface area (Å²) in [6.07, 6.45) is 0.0847. The van der Waals surface area contributed by atoms with E-state index < -0.39 is 16.6 Å². The maximum Gasteiger partial charge on any atom is 0.150 e. The number of Topliss-reactive ketones (excluding diaryl/α,β-unsaturated/α-hetero) is 1. The molecule has 20 heavy (non-hydrogen) atoms. The minimum Gasteiger partial charge on any atom is -0.298 e. The van der Waals surface area contributed by atoms with E-state index in [-0.39, 0.29) is 28.7 Å². The third-order valence-electron chi connectivity index (χ3n) is 2.67. The number of hydrogen-bond acceptors (Lipinski definition) is 2. The molecule has 0 radical (unpaired) electrons. The zero-order valence-corrected chi connectivity index (χ0v) is 11.3. The highest BCUT2D eigenvalue weighted by molar-refractivity contribution is 7.85. The zero-order valence-electron chi connectivity index (χ0n) is 10.5. The predicted octanol–water partition coefficient (Wildman–Crippen LogP) is 2.88. The van der Waals surface area contributed by atoms with E-state index in [1.165, 1.54) is 42.5 Å². The van der Waals surface area contributed by atoms with Gasteiger partial charge >= 0.3 is 0 Å². The van der Waals surface area contributed by atoms with Gasteiger partial charge in [0.2, 0.25) is 0 Å². The number of carbonyl (C=O) groups excluding carboxylic acids is 1. The summed E-state index contributed by atoms with van der Waals surface area (Å²) in [4.78, 5) is 12.1. The van der Waals surface area contributed by atoms with E-state index in [1.807, 2.05) is 0 Å². The molecule has 0 amide bonds. The molecule has 1 atom stereocenters. The summed E-state index contributed by atoms with van der Waals surface area (Å²) < 4.78 is 37.6. The Bertz CT molecular complexity index is 639. The van der Waals surface area contributed by atoms with Crippen molar-refractivity contribution in [2.75, 3.05) is 5.75 Å². The van der Waals surface area contributed by atoms with Crippen molar-refractivity contribution in [2.24, 2.45) is 0 Å². The average molecular weight is 294 g/mol. The average Bonchev–Trinajstić information content (AvgIpc) is 2.41. The molecule has 2 aromatic carbocycles. The summed E-state index contributed by atoms with van der Waals surface area (Å²) in [6.45, 7) is 0. The Hall–Kier alpha value is -1.88. The van der Waals surface area contributed by atoms with Crippen molar-refractivity contribution in [3.63, 3.8) is 0 Å². The second-order valence-electron chi connectivity index (χ2n) is 4.29. The summed E-state index contributed by atoms with van der Waals surface area (Å²) in [5.74, 6) is -1.27. The molecule has 0 N–H and O–H groups in total. The predicted molar refractivity (Wildman–Crippen MR) is 72.8 cm³/mol. The Kier molecular flexibility index (Phi) is 4.74. The quantitative estimate of drug-likeness (QED) is 0.849. The van der Waals surface area contributed by atoms with Crippen LogP contribution in [0.1, 0.15) is 5.56 Å². The molecule has 2 rings (SSSR count). The van der Waals surface area contributed by atoms with Crippen molar-refractivity contribution in [3.8, 4) is 0 Å². The highest BCUT2D eigenvalue weighted by Crippen LogP contribution is 2.10. The third kappa shape index (κ3) is 4.06. The molecule has 2 aromatic rings. The number of rotatable bonds is 5. The van der Waals surface area contributed by atoms with Crippen LogP contribution in [0.5, 0.6) is 0 Å². The topological polar surface area (TPSA) is 34.1 Å². The molecular weight excluding hydrogens is 282 g/mol. The fourth-order valence-corrected chi connectivity index (χ4v) is 2.75. The van der Waals surface area contributed by atoms with E-state index >= 15 is 0 Å². The highest BCUT2D eigenvalue weighted by Gasteiger charge is 2.11. The number of halogens is 2. The molecule has 0 aliphatic rings. The van der Waals surface area contributed by atoms with Gasteiger partial charge in [0.05, 0.1) is 16.6 Å². The van der Waals surface area contributed by atoms with Crippen LogP contribution in [0.4, 0.5) is 8.78 Å². The standard InChI is InChI=1S/C15H12F2O2S/c16-12-6-4-11(5-7-12)8-14(18)10-20(19)15-3-1-2-13(17)9-15/h1-7,9H,8,10H2. The summed E-state index contributed by atoms with van der Waals surface area (Å²) >= 11 is 0. The molecule has 104 valence electrons. The number of benzene rings is 2. The highest BCUT2D eigenvalue weighted by atomic mass is 32.2. The van der Waals surface area contributed by atoms with Gasteiger partial charge < -0.3 is 0 Å². The molecule has 0 fully saturated rings. The molecule has 1 unspecified atom stereocenters. The van der Waals surface area contributed by atoms with Gasteiger partial charge in [0.25, 0.3) is 0 Å². The van der Waals surface area contributed by atoms with Gasteiger partial charge in [0.15, 0.2) is 0 Å². The van der Waals surface area contributed by atoms with Gasteiger partial charge in [-0.2, -0.15) is 0 Å². The summed E-state index contributed by atoms with van der Waals surface area (Å²) in [5, 5.41) is 0. The van der Waals surface area contributed by atoms with Gasteiger partial charge in [0, 0.05) is 11.3 Å². The van der Waals surface area contributed by atoms with E-state index in [0.717, 1.165) is 6.07 Å². The van der Waals surface area contributed by atoms with E-state index in [1.54, 1.807) is 0 Å². The lowest BCUT2D eigenvalue weighted by molar-refractivity contribution is -0.116. The number of hydrogen-bond donors (Lipinski definition) is 0. The Morgan fingerprint density at radius 1 is 1.00 bits per heavy atom. The van der Waals surface area contributed by atoms with Crippen LogP contribution in [-0.2, 0) is 22.0 Å². The molecule has 0 aromatic heterocycles. The lowest BCUT2D eigenvalue weighted by Gasteiger charge is -2.03.